The summed E-state index contributed by atoms with van der Waals surface area (Å²) in [5.41, 5.74) is 0. The minimum atomic E-state index is -1.45. The number of hydrogen-bond acceptors (Lipinski definition) is 5. The van der Waals surface area contributed by atoms with Gasteiger partial charge in [-0.15, -0.1) is 0 Å². The lowest BCUT2D eigenvalue weighted by molar-refractivity contribution is -0.144. The zero-order valence-electron chi connectivity index (χ0n) is 7.97. The van der Waals surface area contributed by atoms with E-state index in [0.717, 1.165) is 0 Å². The van der Waals surface area contributed by atoms with Crippen LogP contribution in [-0.4, -0.2) is 52.2 Å². The third-order valence-corrected chi connectivity index (χ3v) is 1.61. The van der Waals surface area contributed by atoms with Gasteiger partial charge in [-0.2, -0.15) is 0 Å². The lowest BCUT2D eigenvalue weighted by atomic mass is 10.1. The van der Waals surface area contributed by atoms with Crippen LogP contribution >= 0.6 is 0 Å². The van der Waals surface area contributed by atoms with Crippen molar-refractivity contribution in [3.8, 4) is 0 Å². The van der Waals surface area contributed by atoms with Gasteiger partial charge in [0.25, 0.3) is 0 Å². The van der Waals surface area contributed by atoms with E-state index in [4.69, 9.17) is 15.3 Å². The van der Waals surface area contributed by atoms with Gasteiger partial charge in [0.1, 0.15) is 0 Å². The zero-order valence-corrected chi connectivity index (χ0v) is 7.97. The van der Waals surface area contributed by atoms with E-state index in [0.29, 0.717) is 0 Å². The molecule has 0 aliphatic carbocycles. The van der Waals surface area contributed by atoms with Crippen LogP contribution < -0.4 is 5.32 Å². The predicted molar refractivity (Wildman–Crippen MR) is 48.4 cm³/mol. The summed E-state index contributed by atoms with van der Waals surface area (Å²) < 4.78 is 0. The number of ketones is 1. The first-order valence-electron chi connectivity index (χ1n) is 4.30. The Morgan fingerprint density at radius 2 is 1.73 bits per heavy atom. The number of rotatable bonds is 8. The van der Waals surface area contributed by atoms with Crippen LogP contribution in [0.2, 0.25) is 0 Å². The fraction of sp³-hybridized carbons (Fsp3) is 0.625. The van der Waals surface area contributed by atoms with Gasteiger partial charge in [-0.3, -0.25) is 19.7 Å². The lowest BCUT2D eigenvalue weighted by Gasteiger charge is -2.11. The van der Waals surface area contributed by atoms with Crippen LogP contribution in [0.1, 0.15) is 12.8 Å². The van der Waals surface area contributed by atoms with Gasteiger partial charge >= 0.3 is 11.9 Å². The molecule has 0 aliphatic heterocycles. The first-order valence-corrected chi connectivity index (χ1v) is 4.30. The fourth-order valence-corrected chi connectivity index (χ4v) is 0.917. The minimum absolute atomic E-state index is 0.108. The van der Waals surface area contributed by atoms with Crippen molar-refractivity contribution in [2.75, 3.05) is 13.2 Å². The van der Waals surface area contributed by atoms with Crippen molar-refractivity contribution in [1.29, 1.82) is 0 Å². The number of aliphatic carboxylic acids is 2. The molecule has 0 unspecified atom stereocenters. The molecule has 0 rings (SSSR count). The van der Waals surface area contributed by atoms with Gasteiger partial charge in [0.15, 0.2) is 11.8 Å². The number of carboxylic acids is 2. The molecule has 0 aliphatic rings. The molecule has 0 amide bonds. The number of aliphatic hydroxyl groups excluding tert-OH is 1. The molecule has 0 aromatic heterocycles. The Hall–Kier alpha value is -1.47. The maximum Gasteiger partial charge on any atom is 0.328 e. The molecule has 0 fully saturated rings. The molecule has 0 aromatic rings. The highest BCUT2D eigenvalue weighted by Crippen LogP contribution is 1.93. The van der Waals surface area contributed by atoms with Crippen LogP contribution in [0.5, 0.6) is 0 Å². The number of carboxylic acid groups (broad SMARTS) is 2. The van der Waals surface area contributed by atoms with E-state index < -0.39 is 30.4 Å². The Morgan fingerprint density at radius 3 is 2.13 bits per heavy atom. The van der Waals surface area contributed by atoms with E-state index in [1.54, 1.807) is 0 Å². The standard InChI is InChI=1S/C8H13NO6/c10-4-2-5(11)7(8(14)15)9-3-1-6(12)13/h7,9-10H,1-4H2,(H,12,13)(H,14,15)/t7-/m0/s1. The molecule has 86 valence electrons. The Kier molecular flexibility index (Phi) is 6.23. The average Bonchev–Trinajstić information content (AvgIpc) is 2.11. The minimum Gasteiger partial charge on any atom is -0.481 e. The third kappa shape index (κ3) is 5.76. The average molecular weight is 219 g/mol. The monoisotopic (exact) mass is 219 g/mol. The van der Waals surface area contributed by atoms with Crippen LogP contribution in [-0.2, 0) is 14.4 Å². The first-order chi connectivity index (χ1) is 6.99. The van der Waals surface area contributed by atoms with Crippen molar-refractivity contribution < 1.29 is 29.7 Å². The second-order valence-corrected chi connectivity index (χ2v) is 2.81. The molecule has 0 saturated heterocycles. The molecule has 0 heterocycles. The summed E-state index contributed by atoms with van der Waals surface area (Å²) in [6.45, 7) is -0.535. The van der Waals surface area contributed by atoms with E-state index in [9.17, 15) is 14.4 Å². The van der Waals surface area contributed by atoms with E-state index in [-0.39, 0.29) is 19.4 Å². The van der Waals surface area contributed by atoms with Gasteiger partial charge in [-0.25, -0.2) is 0 Å². The smallest absolute Gasteiger partial charge is 0.328 e. The summed E-state index contributed by atoms with van der Waals surface area (Å²) in [6, 6.07) is -1.45. The quantitative estimate of drug-likeness (QED) is 0.364. The topological polar surface area (TPSA) is 124 Å². The molecule has 7 nitrogen and oxygen atoms in total. The molecule has 0 saturated carbocycles. The number of carbonyl (C=O) groups is 3. The van der Waals surface area contributed by atoms with Crippen molar-refractivity contribution in [3.63, 3.8) is 0 Å². The van der Waals surface area contributed by atoms with Crippen molar-refractivity contribution in [2.45, 2.75) is 18.9 Å². The summed E-state index contributed by atoms with van der Waals surface area (Å²) >= 11 is 0. The number of aliphatic hydroxyl groups is 1. The van der Waals surface area contributed by atoms with Crippen LogP contribution in [0.3, 0.4) is 0 Å². The van der Waals surface area contributed by atoms with Crippen molar-refractivity contribution in [1.82, 2.24) is 5.32 Å². The molecule has 7 heteroatoms. The number of carbonyl (C=O) groups excluding carboxylic acids is 1. The van der Waals surface area contributed by atoms with Crippen molar-refractivity contribution >= 4 is 17.7 Å². The summed E-state index contributed by atoms with van der Waals surface area (Å²) in [6.07, 6.45) is -0.535. The molecule has 4 N–H and O–H groups in total. The molecule has 0 bridgehead atoms. The molecule has 0 radical (unpaired) electrons. The summed E-state index contributed by atoms with van der Waals surface area (Å²) in [5, 5.41) is 27.7. The first kappa shape index (κ1) is 13.5. The van der Waals surface area contributed by atoms with Gasteiger partial charge in [-0.1, -0.05) is 0 Å². The van der Waals surface area contributed by atoms with Gasteiger partial charge in [-0.05, 0) is 0 Å². The van der Waals surface area contributed by atoms with E-state index in [1.807, 2.05) is 0 Å². The molecule has 15 heavy (non-hydrogen) atoms. The Labute approximate surface area is 85.7 Å². The SMILES string of the molecule is O=C(O)CCN[C@H](C(=O)O)C(=O)CCO. The molecule has 0 spiro atoms. The maximum atomic E-state index is 11.1. The molecular formula is C8H13NO6. The number of hydrogen-bond donors (Lipinski definition) is 4. The highest BCUT2D eigenvalue weighted by atomic mass is 16.4. The van der Waals surface area contributed by atoms with Crippen molar-refractivity contribution in [3.05, 3.63) is 0 Å². The predicted octanol–water partition coefficient (Wildman–Crippen LogP) is -1.54. The summed E-state index contributed by atoms with van der Waals surface area (Å²) in [7, 11) is 0. The molecule has 0 aromatic carbocycles. The van der Waals surface area contributed by atoms with Crippen molar-refractivity contribution in [2.24, 2.45) is 0 Å². The van der Waals surface area contributed by atoms with Crippen LogP contribution in [0.25, 0.3) is 0 Å². The lowest BCUT2D eigenvalue weighted by Crippen LogP contribution is -2.44. The normalized spacial score (nSPS) is 12.1. The summed E-state index contributed by atoms with van der Waals surface area (Å²) in [5.74, 6) is -3.13. The Balaban J connectivity index is 4.10. The summed E-state index contributed by atoms with van der Waals surface area (Å²) in [4.78, 5) is 31.8. The molecular weight excluding hydrogens is 206 g/mol. The van der Waals surface area contributed by atoms with Crippen LogP contribution in [0.15, 0.2) is 0 Å². The van der Waals surface area contributed by atoms with Gasteiger partial charge in [0, 0.05) is 13.0 Å². The Bertz CT molecular complexity index is 252. The number of Topliss-reactive ketones (excluding diaryl/α,β-unsaturated/α-hetero) is 1. The largest absolute Gasteiger partial charge is 0.481 e. The Morgan fingerprint density at radius 1 is 1.13 bits per heavy atom. The van der Waals surface area contributed by atoms with Crippen LogP contribution in [0, 0.1) is 0 Å². The second-order valence-electron chi connectivity index (χ2n) is 2.81. The third-order valence-electron chi connectivity index (χ3n) is 1.61. The zero-order chi connectivity index (χ0) is 11.8. The highest BCUT2D eigenvalue weighted by Gasteiger charge is 2.24. The van der Waals surface area contributed by atoms with E-state index in [2.05, 4.69) is 5.32 Å². The second kappa shape index (κ2) is 6.91. The van der Waals surface area contributed by atoms with Crippen LogP contribution in [0.4, 0.5) is 0 Å². The maximum absolute atomic E-state index is 11.1. The number of nitrogens with one attached hydrogen (secondary N) is 1. The van der Waals surface area contributed by atoms with E-state index >= 15 is 0 Å². The van der Waals surface area contributed by atoms with Gasteiger partial charge < -0.3 is 15.3 Å². The van der Waals surface area contributed by atoms with Gasteiger partial charge in [0.2, 0.25) is 0 Å². The van der Waals surface area contributed by atoms with Gasteiger partial charge in [0.05, 0.1) is 13.0 Å². The van der Waals surface area contributed by atoms with E-state index in [1.165, 1.54) is 0 Å². The fourth-order valence-electron chi connectivity index (χ4n) is 0.917. The highest BCUT2D eigenvalue weighted by molar-refractivity contribution is 6.02. The molecule has 1 atom stereocenters.